The predicted octanol–water partition coefficient (Wildman–Crippen LogP) is 5.79. The number of amides is 1. The molecule has 4 rings (SSSR count). The number of carbonyl (C=O) groups excluding carboxylic acids is 1. The standard InChI is InChI=1S/C24H19N3O4S/c1-16(31-21-12-10-18(11-13-21)17-6-3-2-4-7-17)23(28)26-24-25-22(15-32-24)19-8-5-9-20(14-19)27(29)30/h2-16H,1H3,(H,25,26,28). The van der Waals surface area contributed by atoms with E-state index in [1.165, 1.54) is 23.5 Å². The van der Waals surface area contributed by atoms with Crippen molar-refractivity contribution in [3.8, 4) is 28.1 Å². The van der Waals surface area contributed by atoms with Gasteiger partial charge in [-0.25, -0.2) is 4.98 Å². The molecule has 4 aromatic rings. The van der Waals surface area contributed by atoms with E-state index < -0.39 is 11.0 Å². The summed E-state index contributed by atoms with van der Waals surface area (Å²) in [6.07, 6.45) is -0.734. The topological polar surface area (TPSA) is 94.4 Å². The number of anilines is 1. The maximum absolute atomic E-state index is 12.5. The number of hydrogen-bond acceptors (Lipinski definition) is 6. The molecule has 0 saturated carbocycles. The molecule has 1 amide bonds. The molecule has 8 heteroatoms. The van der Waals surface area contributed by atoms with Crippen LogP contribution in [0.3, 0.4) is 0 Å². The number of non-ortho nitro benzene ring substituents is 1. The Balaban J connectivity index is 1.38. The first kappa shape index (κ1) is 21.2. The van der Waals surface area contributed by atoms with Crippen LogP contribution in [-0.2, 0) is 4.79 Å². The number of aromatic nitrogens is 1. The molecular weight excluding hydrogens is 426 g/mol. The Morgan fingerprint density at radius 2 is 1.69 bits per heavy atom. The fourth-order valence-electron chi connectivity index (χ4n) is 3.06. The first-order valence-electron chi connectivity index (χ1n) is 9.83. The van der Waals surface area contributed by atoms with Gasteiger partial charge in [0.2, 0.25) is 0 Å². The highest BCUT2D eigenvalue weighted by Crippen LogP contribution is 2.28. The third-order valence-corrected chi connectivity index (χ3v) is 5.49. The number of rotatable bonds is 7. The van der Waals surface area contributed by atoms with E-state index >= 15 is 0 Å². The SMILES string of the molecule is CC(Oc1ccc(-c2ccccc2)cc1)C(=O)Nc1nc(-c2cccc([N+](=O)[O-])c2)cs1. The molecule has 0 radical (unpaired) electrons. The van der Waals surface area contributed by atoms with E-state index in [-0.39, 0.29) is 11.6 Å². The molecule has 0 aliphatic carbocycles. The average Bonchev–Trinajstić information content (AvgIpc) is 3.28. The molecular formula is C24H19N3O4S. The van der Waals surface area contributed by atoms with Gasteiger partial charge in [-0.05, 0) is 30.2 Å². The second kappa shape index (κ2) is 9.40. The lowest BCUT2D eigenvalue weighted by Gasteiger charge is -2.14. The molecule has 0 fully saturated rings. The third kappa shape index (κ3) is 4.98. The zero-order valence-electron chi connectivity index (χ0n) is 17.1. The van der Waals surface area contributed by atoms with Crippen molar-refractivity contribution in [3.05, 3.63) is 94.4 Å². The van der Waals surface area contributed by atoms with E-state index in [1.54, 1.807) is 24.4 Å². The molecule has 7 nitrogen and oxygen atoms in total. The Morgan fingerprint density at radius 1 is 1.00 bits per heavy atom. The maximum atomic E-state index is 12.5. The molecule has 1 aromatic heterocycles. The van der Waals surface area contributed by atoms with Gasteiger partial charge in [0, 0.05) is 23.1 Å². The smallest absolute Gasteiger partial charge is 0.270 e. The number of benzene rings is 3. The number of thiazole rings is 1. The van der Waals surface area contributed by atoms with Crippen LogP contribution >= 0.6 is 11.3 Å². The predicted molar refractivity (Wildman–Crippen MR) is 125 cm³/mol. The number of hydrogen-bond donors (Lipinski definition) is 1. The van der Waals surface area contributed by atoms with Crippen molar-refractivity contribution in [2.24, 2.45) is 0 Å². The summed E-state index contributed by atoms with van der Waals surface area (Å²) < 4.78 is 5.76. The van der Waals surface area contributed by atoms with Gasteiger partial charge >= 0.3 is 0 Å². The van der Waals surface area contributed by atoms with Crippen LogP contribution in [-0.4, -0.2) is 21.9 Å². The minimum absolute atomic E-state index is 0.0126. The molecule has 1 heterocycles. The van der Waals surface area contributed by atoms with Gasteiger partial charge in [-0.2, -0.15) is 0 Å². The van der Waals surface area contributed by atoms with E-state index in [4.69, 9.17) is 4.74 Å². The Bertz CT molecular complexity index is 1240. The summed E-state index contributed by atoms with van der Waals surface area (Å²) in [6.45, 7) is 1.66. The minimum atomic E-state index is -0.734. The van der Waals surface area contributed by atoms with Crippen molar-refractivity contribution >= 4 is 28.1 Å². The number of ether oxygens (including phenoxy) is 1. The lowest BCUT2D eigenvalue weighted by atomic mass is 10.1. The van der Waals surface area contributed by atoms with Crippen molar-refractivity contribution in [1.82, 2.24) is 4.98 Å². The van der Waals surface area contributed by atoms with Crippen molar-refractivity contribution in [1.29, 1.82) is 0 Å². The Labute approximate surface area is 188 Å². The molecule has 160 valence electrons. The van der Waals surface area contributed by atoms with Gasteiger partial charge in [-0.15, -0.1) is 11.3 Å². The molecule has 3 aromatic carbocycles. The van der Waals surface area contributed by atoms with E-state index in [0.717, 1.165) is 11.1 Å². The molecule has 1 N–H and O–H groups in total. The molecule has 0 aliphatic heterocycles. The molecule has 0 aliphatic rings. The zero-order chi connectivity index (χ0) is 22.5. The largest absolute Gasteiger partial charge is 0.481 e. The van der Waals surface area contributed by atoms with Crippen molar-refractivity contribution in [2.75, 3.05) is 5.32 Å². The van der Waals surface area contributed by atoms with Crippen LogP contribution in [0.2, 0.25) is 0 Å². The van der Waals surface area contributed by atoms with Crippen LogP contribution in [0.1, 0.15) is 6.92 Å². The second-order valence-electron chi connectivity index (χ2n) is 6.99. The molecule has 32 heavy (non-hydrogen) atoms. The van der Waals surface area contributed by atoms with Crippen LogP contribution in [0.25, 0.3) is 22.4 Å². The fourth-order valence-corrected chi connectivity index (χ4v) is 3.79. The van der Waals surface area contributed by atoms with Crippen molar-refractivity contribution < 1.29 is 14.5 Å². The average molecular weight is 446 g/mol. The normalized spacial score (nSPS) is 11.5. The van der Waals surface area contributed by atoms with E-state index in [2.05, 4.69) is 10.3 Å². The van der Waals surface area contributed by atoms with Crippen LogP contribution < -0.4 is 10.1 Å². The summed E-state index contributed by atoms with van der Waals surface area (Å²) in [4.78, 5) is 27.4. The summed E-state index contributed by atoms with van der Waals surface area (Å²) in [5, 5.41) is 15.8. The van der Waals surface area contributed by atoms with E-state index in [9.17, 15) is 14.9 Å². The van der Waals surface area contributed by atoms with Gasteiger partial charge < -0.3 is 4.74 Å². The van der Waals surface area contributed by atoms with Gasteiger partial charge in [0.1, 0.15) is 5.75 Å². The molecule has 0 bridgehead atoms. The quantitative estimate of drug-likeness (QED) is 0.287. The fraction of sp³-hybridized carbons (Fsp3) is 0.0833. The van der Waals surface area contributed by atoms with Crippen LogP contribution in [0, 0.1) is 10.1 Å². The lowest BCUT2D eigenvalue weighted by Crippen LogP contribution is -2.30. The number of nitro benzene ring substituents is 1. The molecule has 1 atom stereocenters. The van der Waals surface area contributed by atoms with Gasteiger partial charge in [0.05, 0.1) is 10.6 Å². The first-order chi connectivity index (χ1) is 15.5. The Kier molecular flexibility index (Phi) is 6.23. The van der Waals surface area contributed by atoms with Crippen LogP contribution in [0.5, 0.6) is 5.75 Å². The summed E-state index contributed by atoms with van der Waals surface area (Å²) >= 11 is 1.24. The van der Waals surface area contributed by atoms with Gasteiger partial charge in [0.25, 0.3) is 11.6 Å². The maximum Gasteiger partial charge on any atom is 0.270 e. The summed E-state index contributed by atoms with van der Waals surface area (Å²) in [5.74, 6) is 0.251. The number of nitrogens with one attached hydrogen (secondary N) is 1. The van der Waals surface area contributed by atoms with Gasteiger partial charge in [-0.1, -0.05) is 54.6 Å². The number of nitrogens with zero attached hydrogens (tertiary/aromatic N) is 2. The third-order valence-electron chi connectivity index (χ3n) is 4.73. The van der Waals surface area contributed by atoms with Gasteiger partial charge in [0.15, 0.2) is 11.2 Å². The zero-order valence-corrected chi connectivity index (χ0v) is 17.9. The highest BCUT2D eigenvalue weighted by molar-refractivity contribution is 7.14. The highest BCUT2D eigenvalue weighted by atomic mass is 32.1. The summed E-state index contributed by atoms with van der Waals surface area (Å²) in [5.41, 5.74) is 3.32. The molecule has 0 spiro atoms. The second-order valence-corrected chi connectivity index (χ2v) is 7.84. The summed E-state index contributed by atoms with van der Waals surface area (Å²) in [7, 11) is 0. The number of nitro groups is 1. The first-order valence-corrected chi connectivity index (χ1v) is 10.7. The minimum Gasteiger partial charge on any atom is -0.481 e. The van der Waals surface area contributed by atoms with Crippen molar-refractivity contribution in [2.45, 2.75) is 13.0 Å². The Hall–Kier alpha value is -4.04. The monoisotopic (exact) mass is 445 g/mol. The number of carbonyl (C=O) groups is 1. The van der Waals surface area contributed by atoms with Crippen LogP contribution in [0.4, 0.5) is 10.8 Å². The highest BCUT2D eigenvalue weighted by Gasteiger charge is 2.17. The lowest BCUT2D eigenvalue weighted by molar-refractivity contribution is -0.384. The molecule has 1 unspecified atom stereocenters. The van der Waals surface area contributed by atoms with Crippen LogP contribution in [0.15, 0.2) is 84.2 Å². The van der Waals surface area contributed by atoms with Crippen molar-refractivity contribution in [3.63, 3.8) is 0 Å². The van der Waals surface area contributed by atoms with Gasteiger partial charge in [-0.3, -0.25) is 20.2 Å². The van der Waals surface area contributed by atoms with E-state index in [0.29, 0.717) is 22.1 Å². The Morgan fingerprint density at radius 3 is 2.41 bits per heavy atom. The summed E-state index contributed by atoms with van der Waals surface area (Å²) in [6, 6.07) is 23.7. The molecule has 0 saturated heterocycles. The van der Waals surface area contributed by atoms with E-state index in [1.807, 2.05) is 54.6 Å².